The van der Waals surface area contributed by atoms with Crippen LogP contribution in [0.5, 0.6) is 0 Å². The number of ketones is 1. The van der Waals surface area contributed by atoms with Gasteiger partial charge in [0.1, 0.15) is 11.5 Å². The molecule has 1 aromatic heterocycles. The lowest BCUT2D eigenvalue weighted by atomic mass is 10.1. The molecule has 5 nitrogen and oxygen atoms in total. The number of hydrogen-bond donors (Lipinski definition) is 2. The molecule has 0 aliphatic heterocycles. The Morgan fingerprint density at radius 3 is 2.48 bits per heavy atom. The van der Waals surface area contributed by atoms with Gasteiger partial charge in [0.2, 0.25) is 0 Å². The van der Waals surface area contributed by atoms with Crippen molar-refractivity contribution >= 4 is 11.7 Å². The molecule has 0 fully saturated rings. The van der Waals surface area contributed by atoms with E-state index >= 15 is 0 Å². The Labute approximate surface area is 147 Å². The minimum Gasteiger partial charge on any atom is -0.354 e. The topological polar surface area (TPSA) is 65.2 Å². The van der Waals surface area contributed by atoms with Gasteiger partial charge in [-0.3, -0.25) is 9.59 Å². The average molecular weight is 345 g/mol. The summed E-state index contributed by atoms with van der Waals surface area (Å²) in [5, 5.41) is 2.87. The van der Waals surface area contributed by atoms with Crippen LogP contribution in [0.4, 0.5) is 4.39 Å². The molecule has 0 aliphatic carbocycles. The van der Waals surface area contributed by atoms with Crippen LogP contribution in [-0.2, 0) is 0 Å². The minimum absolute atomic E-state index is 0.0729. The number of aromatic amines is 1. The standard InChI is InChI=1S/C19H24FN3O2/c1-11-17(13(3)24)12(2)22-18(11)19(25)21-10-16(23(4)5)14-7-6-8-15(20)9-14/h6-9,16,22H,10H2,1-5H3,(H,21,25). The summed E-state index contributed by atoms with van der Waals surface area (Å²) >= 11 is 0. The predicted molar refractivity (Wildman–Crippen MR) is 95.4 cm³/mol. The van der Waals surface area contributed by atoms with Crippen molar-refractivity contribution in [3.05, 3.63) is 58.2 Å². The molecule has 134 valence electrons. The summed E-state index contributed by atoms with van der Waals surface area (Å²) in [6, 6.07) is 6.18. The highest BCUT2D eigenvalue weighted by molar-refractivity contribution is 6.02. The first-order chi connectivity index (χ1) is 11.7. The molecule has 25 heavy (non-hydrogen) atoms. The number of Topliss-reactive ketones (excluding diaryl/α,β-unsaturated/α-hetero) is 1. The van der Waals surface area contributed by atoms with Crippen molar-refractivity contribution in [1.82, 2.24) is 15.2 Å². The van der Waals surface area contributed by atoms with E-state index in [2.05, 4.69) is 10.3 Å². The Balaban J connectivity index is 2.17. The Hall–Kier alpha value is -2.47. The van der Waals surface area contributed by atoms with Crippen molar-refractivity contribution in [3.8, 4) is 0 Å². The van der Waals surface area contributed by atoms with Gasteiger partial charge < -0.3 is 15.2 Å². The molecule has 1 amide bonds. The first kappa shape index (κ1) is 18.9. The van der Waals surface area contributed by atoms with Crippen LogP contribution >= 0.6 is 0 Å². The van der Waals surface area contributed by atoms with E-state index in [1.165, 1.54) is 19.1 Å². The zero-order chi connectivity index (χ0) is 18.7. The predicted octanol–water partition coefficient (Wildman–Crippen LogP) is 3.01. The molecule has 0 bridgehead atoms. The van der Waals surface area contributed by atoms with Crippen LogP contribution in [0.3, 0.4) is 0 Å². The molecular weight excluding hydrogens is 321 g/mol. The highest BCUT2D eigenvalue weighted by atomic mass is 19.1. The lowest BCUT2D eigenvalue weighted by molar-refractivity contribution is 0.0936. The molecule has 0 radical (unpaired) electrons. The van der Waals surface area contributed by atoms with Crippen molar-refractivity contribution < 1.29 is 14.0 Å². The average Bonchev–Trinajstić information content (AvgIpc) is 2.82. The number of nitrogens with zero attached hydrogens (tertiary/aromatic N) is 1. The molecule has 1 aromatic carbocycles. The Morgan fingerprint density at radius 1 is 1.28 bits per heavy atom. The number of aryl methyl sites for hydroxylation is 1. The van der Waals surface area contributed by atoms with Crippen molar-refractivity contribution in [1.29, 1.82) is 0 Å². The largest absolute Gasteiger partial charge is 0.354 e. The van der Waals surface area contributed by atoms with Crippen molar-refractivity contribution in [3.63, 3.8) is 0 Å². The molecule has 2 rings (SSSR count). The second kappa shape index (κ2) is 7.61. The smallest absolute Gasteiger partial charge is 0.268 e. The normalized spacial score (nSPS) is 12.3. The summed E-state index contributed by atoms with van der Waals surface area (Å²) < 4.78 is 13.5. The van der Waals surface area contributed by atoms with Gasteiger partial charge in [-0.1, -0.05) is 12.1 Å². The fraction of sp³-hybridized carbons (Fsp3) is 0.368. The van der Waals surface area contributed by atoms with E-state index in [0.29, 0.717) is 29.1 Å². The number of aromatic nitrogens is 1. The fourth-order valence-electron chi connectivity index (χ4n) is 3.10. The molecule has 0 spiro atoms. The third-order valence-electron chi connectivity index (χ3n) is 4.33. The molecule has 0 saturated heterocycles. The Bertz CT molecular complexity index is 796. The Morgan fingerprint density at radius 2 is 1.96 bits per heavy atom. The number of benzene rings is 1. The summed E-state index contributed by atoms with van der Waals surface area (Å²) in [5.41, 5.74) is 3.06. The van der Waals surface area contributed by atoms with Gasteiger partial charge in [0.25, 0.3) is 5.91 Å². The van der Waals surface area contributed by atoms with Gasteiger partial charge in [0, 0.05) is 17.8 Å². The van der Waals surface area contributed by atoms with E-state index in [1.807, 2.05) is 25.1 Å². The fourth-order valence-corrected chi connectivity index (χ4v) is 3.10. The van der Waals surface area contributed by atoms with Crippen molar-refractivity contribution in [2.45, 2.75) is 26.8 Å². The zero-order valence-electron chi connectivity index (χ0n) is 15.2. The molecule has 6 heteroatoms. The number of carbonyl (C=O) groups is 2. The number of hydrogen-bond acceptors (Lipinski definition) is 3. The number of amides is 1. The van der Waals surface area contributed by atoms with Gasteiger partial charge in [0.15, 0.2) is 5.78 Å². The maximum atomic E-state index is 13.5. The third kappa shape index (κ3) is 4.14. The highest BCUT2D eigenvalue weighted by Crippen LogP contribution is 2.20. The van der Waals surface area contributed by atoms with E-state index in [-0.39, 0.29) is 23.5 Å². The van der Waals surface area contributed by atoms with E-state index < -0.39 is 0 Å². The zero-order valence-corrected chi connectivity index (χ0v) is 15.2. The second-order valence-corrected chi connectivity index (χ2v) is 6.43. The van der Waals surface area contributed by atoms with Gasteiger partial charge in [-0.15, -0.1) is 0 Å². The minimum atomic E-state index is -0.308. The second-order valence-electron chi connectivity index (χ2n) is 6.43. The monoisotopic (exact) mass is 345 g/mol. The van der Waals surface area contributed by atoms with Crippen LogP contribution in [0.1, 0.15) is 50.6 Å². The van der Waals surface area contributed by atoms with E-state index in [9.17, 15) is 14.0 Å². The van der Waals surface area contributed by atoms with Gasteiger partial charge in [0.05, 0.1) is 6.04 Å². The quantitative estimate of drug-likeness (QED) is 0.791. The number of carbonyl (C=O) groups excluding carboxylic acids is 2. The molecule has 1 heterocycles. The molecule has 2 N–H and O–H groups in total. The van der Waals surface area contributed by atoms with Crippen LogP contribution < -0.4 is 5.32 Å². The lowest BCUT2D eigenvalue weighted by Gasteiger charge is -2.25. The summed E-state index contributed by atoms with van der Waals surface area (Å²) in [5.74, 6) is -0.662. The Kier molecular flexibility index (Phi) is 5.74. The van der Waals surface area contributed by atoms with Crippen LogP contribution in [0.25, 0.3) is 0 Å². The summed E-state index contributed by atoms with van der Waals surface area (Å²) in [4.78, 5) is 29.1. The summed E-state index contributed by atoms with van der Waals surface area (Å²) in [6.07, 6.45) is 0. The van der Waals surface area contributed by atoms with Gasteiger partial charge >= 0.3 is 0 Å². The molecule has 0 aliphatic rings. The molecule has 1 atom stereocenters. The first-order valence-corrected chi connectivity index (χ1v) is 8.12. The number of rotatable bonds is 6. The number of halogens is 1. The van der Waals surface area contributed by atoms with Crippen LogP contribution in [0.2, 0.25) is 0 Å². The summed E-state index contributed by atoms with van der Waals surface area (Å²) in [7, 11) is 3.75. The first-order valence-electron chi connectivity index (χ1n) is 8.12. The van der Waals surface area contributed by atoms with Crippen molar-refractivity contribution in [2.24, 2.45) is 0 Å². The molecule has 2 aromatic rings. The SMILES string of the molecule is CC(=O)c1c(C)[nH]c(C(=O)NCC(c2cccc(F)c2)N(C)C)c1C. The van der Waals surface area contributed by atoms with Crippen LogP contribution in [-0.4, -0.2) is 42.2 Å². The van der Waals surface area contributed by atoms with Gasteiger partial charge in [-0.25, -0.2) is 4.39 Å². The van der Waals surface area contributed by atoms with E-state index in [4.69, 9.17) is 0 Å². The van der Waals surface area contributed by atoms with Gasteiger partial charge in [-0.05, 0) is 58.1 Å². The van der Waals surface area contributed by atoms with E-state index in [0.717, 1.165) is 5.56 Å². The van der Waals surface area contributed by atoms with Crippen LogP contribution in [0, 0.1) is 19.7 Å². The van der Waals surface area contributed by atoms with Crippen LogP contribution in [0.15, 0.2) is 24.3 Å². The highest BCUT2D eigenvalue weighted by Gasteiger charge is 2.21. The number of likely N-dealkylation sites (N-methyl/N-ethyl adjacent to an activating group) is 1. The number of H-pyrrole nitrogens is 1. The molecule has 0 saturated carbocycles. The van der Waals surface area contributed by atoms with E-state index in [1.54, 1.807) is 19.9 Å². The maximum Gasteiger partial charge on any atom is 0.268 e. The lowest BCUT2D eigenvalue weighted by Crippen LogP contribution is -2.35. The number of nitrogens with one attached hydrogen (secondary N) is 2. The van der Waals surface area contributed by atoms with Gasteiger partial charge in [-0.2, -0.15) is 0 Å². The third-order valence-corrected chi connectivity index (χ3v) is 4.33. The molecule has 1 unspecified atom stereocenters. The molecular formula is C19H24FN3O2. The maximum absolute atomic E-state index is 13.5. The summed E-state index contributed by atoms with van der Waals surface area (Å²) in [6.45, 7) is 5.33. The van der Waals surface area contributed by atoms with Crippen molar-refractivity contribution in [2.75, 3.05) is 20.6 Å².